The molecule has 0 bridgehead atoms. The fraction of sp³-hybridized carbons (Fsp3) is 0.304. The Balaban J connectivity index is 1.47. The van der Waals surface area contributed by atoms with Gasteiger partial charge in [-0.25, -0.2) is 9.78 Å². The highest BCUT2D eigenvalue weighted by Crippen LogP contribution is 2.32. The summed E-state index contributed by atoms with van der Waals surface area (Å²) in [5.41, 5.74) is 3.01. The molecule has 2 N–H and O–H groups in total. The number of carboxylic acids is 1. The van der Waals surface area contributed by atoms with Gasteiger partial charge in [0.2, 0.25) is 0 Å². The summed E-state index contributed by atoms with van der Waals surface area (Å²) in [5.74, 6) is -1.55. The van der Waals surface area contributed by atoms with Gasteiger partial charge in [0.1, 0.15) is 10.0 Å². The number of aromatic carboxylic acids is 1. The van der Waals surface area contributed by atoms with Gasteiger partial charge in [0.25, 0.3) is 5.91 Å². The molecule has 0 saturated carbocycles. The van der Waals surface area contributed by atoms with E-state index in [4.69, 9.17) is 0 Å². The molecule has 2 aromatic heterocycles. The molecule has 0 spiro atoms. The number of carbonyl (C=O) groups is 2. The van der Waals surface area contributed by atoms with E-state index in [1.807, 2.05) is 25.1 Å². The molecule has 1 fully saturated rings. The van der Waals surface area contributed by atoms with Crippen LogP contribution in [0.25, 0.3) is 10.6 Å². The zero-order valence-corrected chi connectivity index (χ0v) is 18.9. The van der Waals surface area contributed by atoms with Gasteiger partial charge in [0, 0.05) is 55.7 Å². The Morgan fingerprint density at radius 2 is 1.84 bits per heavy atom. The van der Waals surface area contributed by atoms with Crippen LogP contribution < -0.4 is 5.32 Å². The van der Waals surface area contributed by atoms with E-state index in [1.165, 1.54) is 0 Å². The van der Waals surface area contributed by atoms with Crippen molar-refractivity contribution in [2.75, 3.05) is 38.5 Å². The summed E-state index contributed by atoms with van der Waals surface area (Å²) in [5, 5.41) is 13.0. The first kappa shape index (κ1) is 22.1. The number of benzene rings is 1. The minimum atomic E-state index is -1.18. The van der Waals surface area contributed by atoms with Crippen molar-refractivity contribution in [1.29, 1.82) is 0 Å². The standard InChI is InChI=1S/C23H25N5O3S/c1-15-13-18(7-8-24-15)21-25-19(23(30)31)22(32-21)26-20(29)17-5-3-16(4-6-17)14-28-11-9-27(2)10-12-28/h3-8,13H,9-12,14H2,1-2H3,(H,26,29)(H,30,31). The van der Waals surface area contributed by atoms with Crippen LogP contribution in [0.1, 0.15) is 32.1 Å². The number of aromatic nitrogens is 2. The van der Waals surface area contributed by atoms with E-state index >= 15 is 0 Å². The first-order valence-corrected chi connectivity index (χ1v) is 11.2. The number of nitrogens with one attached hydrogen (secondary N) is 1. The molecular formula is C23H25N5O3S. The summed E-state index contributed by atoms with van der Waals surface area (Å²) >= 11 is 1.14. The molecular weight excluding hydrogens is 426 g/mol. The van der Waals surface area contributed by atoms with E-state index in [2.05, 4.69) is 32.1 Å². The van der Waals surface area contributed by atoms with E-state index < -0.39 is 5.97 Å². The SMILES string of the molecule is Cc1cc(-c2nc(C(=O)O)c(NC(=O)c3ccc(CN4CCN(C)CC4)cc3)s2)ccn1. The number of likely N-dealkylation sites (N-methyl/N-ethyl adjacent to an activating group) is 1. The molecule has 3 aromatic rings. The number of piperazine rings is 1. The Morgan fingerprint density at radius 3 is 2.50 bits per heavy atom. The Hall–Kier alpha value is -3.14. The van der Waals surface area contributed by atoms with Crippen LogP contribution in [-0.4, -0.2) is 70.0 Å². The monoisotopic (exact) mass is 451 g/mol. The lowest BCUT2D eigenvalue weighted by molar-refractivity contribution is 0.0692. The van der Waals surface area contributed by atoms with Crippen molar-refractivity contribution in [3.05, 3.63) is 65.1 Å². The largest absolute Gasteiger partial charge is 0.476 e. The molecule has 1 aliphatic heterocycles. The van der Waals surface area contributed by atoms with E-state index in [1.54, 1.807) is 24.4 Å². The average Bonchev–Trinajstić information content (AvgIpc) is 3.20. The van der Waals surface area contributed by atoms with Gasteiger partial charge >= 0.3 is 5.97 Å². The third-order valence-electron chi connectivity index (χ3n) is 5.42. The van der Waals surface area contributed by atoms with Crippen LogP contribution in [0.2, 0.25) is 0 Å². The van der Waals surface area contributed by atoms with Gasteiger partial charge in [-0.15, -0.1) is 0 Å². The van der Waals surface area contributed by atoms with Gasteiger partial charge in [-0.2, -0.15) is 0 Å². The summed E-state index contributed by atoms with van der Waals surface area (Å²) in [6, 6.07) is 11.0. The van der Waals surface area contributed by atoms with Crippen molar-refractivity contribution in [3.63, 3.8) is 0 Å². The first-order valence-electron chi connectivity index (χ1n) is 10.4. The molecule has 9 heteroatoms. The molecule has 0 atom stereocenters. The molecule has 1 aliphatic rings. The van der Waals surface area contributed by atoms with Crippen LogP contribution in [0.15, 0.2) is 42.6 Å². The highest BCUT2D eigenvalue weighted by atomic mass is 32.1. The van der Waals surface area contributed by atoms with Crippen LogP contribution in [-0.2, 0) is 6.54 Å². The number of nitrogens with zero attached hydrogens (tertiary/aromatic N) is 4. The highest BCUT2D eigenvalue weighted by molar-refractivity contribution is 7.19. The lowest BCUT2D eigenvalue weighted by Gasteiger charge is -2.32. The van der Waals surface area contributed by atoms with E-state index in [9.17, 15) is 14.7 Å². The maximum absolute atomic E-state index is 12.8. The van der Waals surface area contributed by atoms with E-state index in [0.29, 0.717) is 10.6 Å². The summed E-state index contributed by atoms with van der Waals surface area (Å²) < 4.78 is 0. The third-order valence-corrected chi connectivity index (χ3v) is 6.44. The Morgan fingerprint density at radius 1 is 1.12 bits per heavy atom. The minimum Gasteiger partial charge on any atom is -0.476 e. The number of carboxylic acid groups (broad SMARTS) is 1. The molecule has 0 radical (unpaired) electrons. The zero-order chi connectivity index (χ0) is 22.7. The van der Waals surface area contributed by atoms with Crippen molar-refractivity contribution in [1.82, 2.24) is 19.8 Å². The van der Waals surface area contributed by atoms with Crippen molar-refractivity contribution in [3.8, 4) is 10.6 Å². The normalized spacial score (nSPS) is 14.9. The predicted molar refractivity (Wildman–Crippen MR) is 124 cm³/mol. The molecule has 1 aromatic carbocycles. The number of rotatable bonds is 6. The maximum atomic E-state index is 12.8. The molecule has 0 unspecified atom stereocenters. The summed E-state index contributed by atoms with van der Waals surface area (Å²) in [7, 11) is 2.13. The van der Waals surface area contributed by atoms with Crippen LogP contribution in [0.3, 0.4) is 0 Å². The number of anilines is 1. The fourth-order valence-electron chi connectivity index (χ4n) is 3.55. The summed E-state index contributed by atoms with van der Waals surface area (Å²) in [6.07, 6.45) is 1.65. The number of aryl methyl sites for hydroxylation is 1. The minimum absolute atomic E-state index is 0.167. The Labute approximate surface area is 190 Å². The molecule has 3 heterocycles. The van der Waals surface area contributed by atoms with Gasteiger partial charge in [-0.1, -0.05) is 23.5 Å². The number of carbonyl (C=O) groups excluding carboxylic acids is 1. The second kappa shape index (κ2) is 9.56. The van der Waals surface area contributed by atoms with Gasteiger partial charge in [0.15, 0.2) is 5.69 Å². The fourth-order valence-corrected chi connectivity index (χ4v) is 4.50. The number of pyridine rings is 1. The molecule has 0 aliphatic carbocycles. The predicted octanol–water partition coefficient (Wildman–Crippen LogP) is 3.21. The number of hydrogen-bond acceptors (Lipinski definition) is 7. The Kier molecular flexibility index (Phi) is 6.59. The van der Waals surface area contributed by atoms with Crippen LogP contribution in [0, 0.1) is 6.92 Å². The van der Waals surface area contributed by atoms with Gasteiger partial charge in [0.05, 0.1) is 0 Å². The smallest absolute Gasteiger partial charge is 0.357 e. The lowest BCUT2D eigenvalue weighted by Crippen LogP contribution is -2.43. The van der Waals surface area contributed by atoms with Crippen LogP contribution >= 0.6 is 11.3 Å². The topological polar surface area (TPSA) is 98.7 Å². The first-order chi connectivity index (χ1) is 15.4. The molecule has 166 valence electrons. The molecule has 1 saturated heterocycles. The average molecular weight is 452 g/mol. The van der Waals surface area contributed by atoms with Crippen LogP contribution in [0.4, 0.5) is 5.00 Å². The quantitative estimate of drug-likeness (QED) is 0.594. The number of hydrogen-bond donors (Lipinski definition) is 2. The van der Waals surface area contributed by atoms with Gasteiger partial charge in [-0.3, -0.25) is 14.7 Å². The molecule has 8 nitrogen and oxygen atoms in total. The van der Waals surface area contributed by atoms with Gasteiger partial charge in [-0.05, 0) is 43.8 Å². The lowest BCUT2D eigenvalue weighted by atomic mass is 10.1. The summed E-state index contributed by atoms with van der Waals surface area (Å²) in [6.45, 7) is 6.88. The van der Waals surface area contributed by atoms with Crippen LogP contribution in [0.5, 0.6) is 0 Å². The Bertz CT molecular complexity index is 1120. The zero-order valence-electron chi connectivity index (χ0n) is 18.0. The highest BCUT2D eigenvalue weighted by Gasteiger charge is 2.21. The second-order valence-electron chi connectivity index (χ2n) is 7.92. The van der Waals surface area contributed by atoms with Crippen molar-refractivity contribution >= 4 is 28.2 Å². The molecule has 4 rings (SSSR count). The third kappa shape index (κ3) is 5.18. The van der Waals surface area contributed by atoms with Crippen molar-refractivity contribution in [2.24, 2.45) is 0 Å². The maximum Gasteiger partial charge on any atom is 0.357 e. The second-order valence-corrected chi connectivity index (χ2v) is 8.92. The van der Waals surface area contributed by atoms with E-state index in [-0.39, 0.29) is 16.6 Å². The van der Waals surface area contributed by atoms with E-state index in [0.717, 1.165) is 60.9 Å². The molecule has 32 heavy (non-hydrogen) atoms. The van der Waals surface area contributed by atoms with Crippen molar-refractivity contribution in [2.45, 2.75) is 13.5 Å². The number of thiazole rings is 1. The molecule has 1 amide bonds. The number of amides is 1. The summed E-state index contributed by atoms with van der Waals surface area (Å²) in [4.78, 5) is 37.5. The van der Waals surface area contributed by atoms with Crippen molar-refractivity contribution < 1.29 is 14.7 Å². The van der Waals surface area contributed by atoms with Gasteiger partial charge < -0.3 is 15.3 Å².